The Balaban J connectivity index is 1.58. The lowest BCUT2D eigenvalue weighted by molar-refractivity contribution is 0.282. The predicted octanol–water partition coefficient (Wildman–Crippen LogP) is 5.81. The van der Waals surface area contributed by atoms with Crippen LogP contribution in [0.1, 0.15) is 76.2 Å². The number of hydrogen-bond donors (Lipinski definition) is 6. The maximum Gasteiger partial charge on any atom is 0.200 e. The fourth-order valence-electron chi connectivity index (χ4n) is 4.47. The molecule has 2 aromatic carbocycles. The van der Waals surface area contributed by atoms with Gasteiger partial charge in [0.05, 0.1) is 0 Å². The predicted molar refractivity (Wildman–Crippen MR) is 138 cm³/mol. The zero-order valence-electron chi connectivity index (χ0n) is 20.5. The van der Waals surface area contributed by atoms with E-state index in [2.05, 4.69) is 0 Å². The van der Waals surface area contributed by atoms with Gasteiger partial charge in [0, 0.05) is 29.9 Å². The van der Waals surface area contributed by atoms with E-state index in [1.165, 1.54) is 38.2 Å². The second kappa shape index (κ2) is 13.1. The van der Waals surface area contributed by atoms with Crippen LogP contribution in [-0.2, 0) is 6.42 Å². The molecule has 8 heteroatoms. The molecule has 0 spiro atoms. The number of hydrogen-bond acceptors (Lipinski definition) is 8. The molecule has 1 heterocycles. The standard InChI is InChI=1S/C28H36O8/c29-13-11-9-7-5-3-1-2-4-6-8-10-12-19-20(30)16-25-26(27(19)34)21(31)17-24(36-25)18-14-22(32)28(35)23(33)15-18/h14-17,29-30,32-35H,1-13H2. The van der Waals surface area contributed by atoms with Crippen LogP contribution < -0.4 is 5.43 Å². The Kier molecular flexibility index (Phi) is 9.87. The number of rotatable bonds is 14. The van der Waals surface area contributed by atoms with Crippen LogP contribution in [0.15, 0.2) is 33.5 Å². The zero-order chi connectivity index (χ0) is 26.1. The highest BCUT2D eigenvalue weighted by Crippen LogP contribution is 2.40. The Morgan fingerprint density at radius 1 is 0.611 bits per heavy atom. The summed E-state index contributed by atoms with van der Waals surface area (Å²) in [6, 6.07) is 4.68. The van der Waals surface area contributed by atoms with Crippen molar-refractivity contribution in [1.82, 2.24) is 0 Å². The minimum atomic E-state index is -0.688. The Bertz CT molecular complexity index is 1190. The summed E-state index contributed by atoms with van der Waals surface area (Å²) in [5.41, 5.74) is -0.106. The van der Waals surface area contributed by atoms with E-state index in [1.54, 1.807) is 0 Å². The van der Waals surface area contributed by atoms with Crippen molar-refractivity contribution in [3.05, 3.63) is 40.1 Å². The highest BCUT2D eigenvalue weighted by atomic mass is 16.3. The molecule has 0 aliphatic rings. The summed E-state index contributed by atoms with van der Waals surface area (Å²) in [7, 11) is 0. The lowest BCUT2D eigenvalue weighted by atomic mass is 10.00. The molecular weight excluding hydrogens is 464 g/mol. The van der Waals surface area contributed by atoms with Gasteiger partial charge in [-0.3, -0.25) is 4.79 Å². The van der Waals surface area contributed by atoms with Crippen LogP contribution >= 0.6 is 0 Å². The summed E-state index contributed by atoms with van der Waals surface area (Å²) in [6.07, 6.45) is 12.4. The van der Waals surface area contributed by atoms with Crippen molar-refractivity contribution in [2.45, 2.75) is 77.0 Å². The van der Waals surface area contributed by atoms with Crippen molar-refractivity contribution in [1.29, 1.82) is 0 Å². The molecule has 0 aliphatic heterocycles. The van der Waals surface area contributed by atoms with Crippen molar-refractivity contribution in [2.24, 2.45) is 0 Å². The number of aromatic hydroxyl groups is 5. The van der Waals surface area contributed by atoms with Crippen LogP contribution in [0, 0.1) is 0 Å². The van der Waals surface area contributed by atoms with Gasteiger partial charge >= 0.3 is 0 Å². The van der Waals surface area contributed by atoms with Gasteiger partial charge in [0.1, 0.15) is 28.2 Å². The molecule has 6 N–H and O–H groups in total. The fourth-order valence-corrected chi connectivity index (χ4v) is 4.47. The topological polar surface area (TPSA) is 152 Å². The summed E-state index contributed by atoms with van der Waals surface area (Å²) in [5, 5.41) is 59.0. The lowest BCUT2D eigenvalue weighted by Gasteiger charge is -2.11. The van der Waals surface area contributed by atoms with Crippen LogP contribution in [0.2, 0.25) is 0 Å². The van der Waals surface area contributed by atoms with E-state index in [9.17, 15) is 30.3 Å². The summed E-state index contributed by atoms with van der Waals surface area (Å²) in [5.74, 6) is -2.33. The Morgan fingerprint density at radius 3 is 1.69 bits per heavy atom. The number of unbranched alkanes of at least 4 members (excludes halogenated alkanes) is 10. The number of phenolic OH excluding ortho intramolecular Hbond substituents is 5. The largest absolute Gasteiger partial charge is 0.507 e. The second-order valence-electron chi connectivity index (χ2n) is 9.30. The van der Waals surface area contributed by atoms with Crippen molar-refractivity contribution in [3.8, 4) is 40.1 Å². The van der Waals surface area contributed by atoms with Gasteiger partial charge in [0.15, 0.2) is 22.7 Å². The molecule has 0 saturated heterocycles. The monoisotopic (exact) mass is 500 g/mol. The van der Waals surface area contributed by atoms with Gasteiger partial charge in [-0.2, -0.15) is 0 Å². The van der Waals surface area contributed by atoms with E-state index in [0.29, 0.717) is 12.0 Å². The highest BCUT2D eigenvalue weighted by molar-refractivity contribution is 5.88. The molecule has 0 bridgehead atoms. The van der Waals surface area contributed by atoms with Crippen LogP contribution in [-0.4, -0.2) is 37.2 Å². The summed E-state index contributed by atoms with van der Waals surface area (Å²) < 4.78 is 5.68. The van der Waals surface area contributed by atoms with Gasteiger partial charge in [0.2, 0.25) is 0 Å². The number of benzene rings is 2. The van der Waals surface area contributed by atoms with Crippen molar-refractivity contribution in [2.75, 3.05) is 6.61 Å². The maximum absolute atomic E-state index is 12.8. The third-order valence-corrected chi connectivity index (χ3v) is 6.51. The molecule has 0 amide bonds. The molecule has 3 rings (SSSR count). The van der Waals surface area contributed by atoms with Crippen molar-refractivity contribution in [3.63, 3.8) is 0 Å². The van der Waals surface area contributed by atoms with E-state index in [4.69, 9.17) is 9.52 Å². The normalized spacial score (nSPS) is 11.4. The van der Waals surface area contributed by atoms with Crippen LogP contribution in [0.5, 0.6) is 28.7 Å². The van der Waals surface area contributed by atoms with Gasteiger partial charge in [-0.05, 0) is 31.4 Å². The number of aliphatic hydroxyl groups excluding tert-OH is 1. The van der Waals surface area contributed by atoms with Crippen molar-refractivity contribution < 1.29 is 35.1 Å². The summed E-state index contributed by atoms with van der Waals surface area (Å²) in [4.78, 5) is 12.8. The Labute approximate surface area is 210 Å². The molecule has 196 valence electrons. The molecule has 0 radical (unpaired) electrons. The molecule has 8 nitrogen and oxygen atoms in total. The maximum atomic E-state index is 12.8. The fraction of sp³-hybridized carbons (Fsp3) is 0.464. The Morgan fingerprint density at radius 2 is 1.14 bits per heavy atom. The third kappa shape index (κ3) is 6.85. The van der Waals surface area contributed by atoms with Gasteiger partial charge in [-0.1, -0.05) is 57.8 Å². The third-order valence-electron chi connectivity index (χ3n) is 6.51. The molecule has 0 fully saturated rings. The second-order valence-corrected chi connectivity index (χ2v) is 9.30. The summed E-state index contributed by atoms with van der Waals surface area (Å²) in [6.45, 7) is 0.280. The van der Waals surface area contributed by atoms with E-state index in [1.807, 2.05) is 0 Å². The average Bonchev–Trinajstić information content (AvgIpc) is 2.84. The zero-order valence-corrected chi connectivity index (χ0v) is 20.5. The summed E-state index contributed by atoms with van der Waals surface area (Å²) >= 11 is 0. The van der Waals surface area contributed by atoms with Gasteiger partial charge in [-0.25, -0.2) is 0 Å². The molecular formula is C28H36O8. The van der Waals surface area contributed by atoms with Crippen LogP contribution in [0.3, 0.4) is 0 Å². The van der Waals surface area contributed by atoms with Crippen LogP contribution in [0.25, 0.3) is 22.3 Å². The molecule has 1 aromatic heterocycles. The molecule has 0 aliphatic carbocycles. The van der Waals surface area contributed by atoms with Gasteiger partial charge in [0.25, 0.3) is 0 Å². The van der Waals surface area contributed by atoms with E-state index in [0.717, 1.165) is 56.7 Å². The minimum Gasteiger partial charge on any atom is -0.507 e. The van der Waals surface area contributed by atoms with Crippen molar-refractivity contribution >= 4 is 11.0 Å². The van der Waals surface area contributed by atoms with E-state index < -0.39 is 22.7 Å². The van der Waals surface area contributed by atoms with E-state index in [-0.39, 0.29) is 40.4 Å². The minimum absolute atomic E-state index is 0.00481. The van der Waals surface area contributed by atoms with Crippen LogP contribution in [0.4, 0.5) is 0 Å². The number of fused-ring (bicyclic) bond motifs is 1. The first-order chi connectivity index (χ1) is 17.3. The van der Waals surface area contributed by atoms with E-state index >= 15 is 0 Å². The number of phenols is 5. The van der Waals surface area contributed by atoms with Gasteiger partial charge in [-0.15, -0.1) is 0 Å². The molecule has 0 unspecified atom stereocenters. The SMILES string of the molecule is O=c1cc(-c2cc(O)c(O)c(O)c2)oc2cc(O)c(CCCCCCCCCCCCCO)c(O)c12. The highest BCUT2D eigenvalue weighted by Gasteiger charge is 2.19. The first kappa shape index (κ1) is 27.2. The van der Waals surface area contributed by atoms with Gasteiger partial charge < -0.3 is 35.1 Å². The number of aliphatic hydroxyl groups is 1. The molecule has 0 saturated carbocycles. The first-order valence-corrected chi connectivity index (χ1v) is 12.7. The molecule has 36 heavy (non-hydrogen) atoms. The quantitative estimate of drug-likeness (QED) is 0.120. The average molecular weight is 501 g/mol. The smallest absolute Gasteiger partial charge is 0.200 e. The molecule has 3 aromatic rings. The molecule has 0 atom stereocenters. The lowest BCUT2D eigenvalue weighted by Crippen LogP contribution is -2.03. The Hall–Kier alpha value is -3.39. The first-order valence-electron chi connectivity index (χ1n) is 12.7.